The van der Waals surface area contributed by atoms with Gasteiger partial charge < -0.3 is 15.2 Å². The number of ether oxygens (including phenoxy) is 2. The van der Waals surface area contributed by atoms with Gasteiger partial charge in [0, 0.05) is 10.5 Å². The highest BCUT2D eigenvalue weighted by molar-refractivity contribution is 9.10. The van der Waals surface area contributed by atoms with Crippen LogP contribution in [0, 0.1) is 0 Å². The van der Waals surface area contributed by atoms with Crippen LogP contribution < -0.4 is 15.2 Å². The van der Waals surface area contributed by atoms with E-state index in [9.17, 15) is 0 Å². The van der Waals surface area contributed by atoms with Gasteiger partial charge in [-0.2, -0.15) is 0 Å². The largest absolute Gasteiger partial charge is 0.497 e. The molecule has 0 aliphatic carbocycles. The summed E-state index contributed by atoms with van der Waals surface area (Å²) in [5, 5.41) is 0. The molecular formula is C17H20BrNO2. The zero-order valence-corrected chi connectivity index (χ0v) is 13.9. The summed E-state index contributed by atoms with van der Waals surface area (Å²) < 4.78 is 12.3. The lowest BCUT2D eigenvalue weighted by Crippen LogP contribution is -2.18. The Kier molecular flexibility index (Phi) is 5.65. The minimum Gasteiger partial charge on any atom is -0.497 e. The van der Waals surface area contributed by atoms with E-state index in [1.54, 1.807) is 7.11 Å². The fourth-order valence-corrected chi connectivity index (χ4v) is 2.56. The number of methoxy groups -OCH3 is 1. The van der Waals surface area contributed by atoms with E-state index in [0.717, 1.165) is 33.5 Å². The molecule has 0 saturated carbocycles. The van der Waals surface area contributed by atoms with Crippen LogP contribution in [-0.2, 0) is 13.0 Å². The lowest BCUT2D eigenvalue weighted by molar-refractivity contribution is 0.301. The quantitative estimate of drug-likeness (QED) is 0.859. The van der Waals surface area contributed by atoms with Gasteiger partial charge >= 0.3 is 0 Å². The molecule has 2 N–H and O–H groups in total. The van der Waals surface area contributed by atoms with Gasteiger partial charge in [0.1, 0.15) is 18.1 Å². The van der Waals surface area contributed by atoms with Gasteiger partial charge in [0.2, 0.25) is 0 Å². The maximum absolute atomic E-state index is 5.95. The summed E-state index contributed by atoms with van der Waals surface area (Å²) in [6.07, 6.45) is 0.755. The van der Waals surface area contributed by atoms with E-state index in [1.165, 1.54) is 0 Å². The first-order valence-electron chi connectivity index (χ1n) is 6.88. The number of rotatable bonds is 6. The standard InChI is InChI=1S/C17H20BrNO2/c1-12(19)8-14-10-16(20-2)6-7-17(14)21-11-13-4-3-5-15(18)9-13/h3-7,9-10,12H,8,11,19H2,1-2H3. The molecule has 3 nitrogen and oxygen atoms in total. The summed E-state index contributed by atoms with van der Waals surface area (Å²) in [7, 11) is 1.66. The number of halogens is 1. The van der Waals surface area contributed by atoms with Crippen molar-refractivity contribution in [2.75, 3.05) is 7.11 Å². The molecule has 2 rings (SSSR count). The topological polar surface area (TPSA) is 44.5 Å². The van der Waals surface area contributed by atoms with Gasteiger partial charge in [-0.25, -0.2) is 0 Å². The lowest BCUT2D eigenvalue weighted by Gasteiger charge is -2.14. The normalized spacial score (nSPS) is 12.0. The van der Waals surface area contributed by atoms with E-state index in [-0.39, 0.29) is 6.04 Å². The molecule has 0 aromatic heterocycles. The van der Waals surface area contributed by atoms with Crippen molar-refractivity contribution in [3.63, 3.8) is 0 Å². The molecule has 4 heteroatoms. The summed E-state index contributed by atoms with van der Waals surface area (Å²) in [6.45, 7) is 2.51. The number of hydrogen-bond donors (Lipinski definition) is 1. The summed E-state index contributed by atoms with van der Waals surface area (Å²) in [4.78, 5) is 0. The molecule has 0 bridgehead atoms. The van der Waals surface area contributed by atoms with Crippen molar-refractivity contribution in [2.24, 2.45) is 5.73 Å². The van der Waals surface area contributed by atoms with Crippen LogP contribution in [0.1, 0.15) is 18.1 Å². The first-order valence-corrected chi connectivity index (χ1v) is 7.67. The molecule has 0 heterocycles. The predicted octanol–water partition coefficient (Wildman–Crippen LogP) is 3.93. The van der Waals surface area contributed by atoms with Crippen molar-refractivity contribution >= 4 is 15.9 Å². The number of nitrogens with two attached hydrogens (primary N) is 1. The molecule has 0 spiro atoms. The molecule has 0 fully saturated rings. The Labute approximate surface area is 134 Å². The Morgan fingerprint density at radius 1 is 1.19 bits per heavy atom. The zero-order chi connectivity index (χ0) is 15.2. The highest BCUT2D eigenvalue weighted by Gasteiger charge is 2.08. The monoisotopic (exact) mass is 349 g/mol. The van der Waals surface area contributed by atoms with Crippen molar-refractivity contribution in [3.05, 3.63) is 58.1 Å². The van der Waals surface area contributed by atoms with Gasteiger partial charge in [-0.1, -0.05) is 28.1 Å². The van der Waals surface area contributed by atoms with Gasteiger partial charge in [-0.15, -0.1) is 0 Å². The second kappa shape index (κ2) is 7.48. The van der Waals surface area contributed by atoms with Crippen molar-refractivity contribution in [2.45, 2.75) is 26.0 Å². The van der Waals surface area contributed by atoms with Crippen molar-refractivity contribution in [1.82, 2.24) is 0 Å². The van der Waals surface area contributed by atoms with E-state index >= 15 is 0 Å². The van der Waals surface area contributed by atoms with E-state index in [4.69, 9.17) is 15.2 Å². The van der Waals surface area contributed by atoms with Crippen LogP contribution in [0.15, 0.2) is 46.9 Å². The van der Waals surface area contributed by atoms with E-state index in [2.05, 4.69) is 22.0 Å². The maximum atomic E-state index is 5.95. The average Bonchev–Trinajstić information content (AvgIpc) is 2.45. The number of benzene rings is 2. The molecule has 0 radical (unpaired) electrons. The Morgan fingerprint density at radius 2 is 2.00 bits per heavy atom. The Morgan fingerprint density at radius 3 is 2.67 bits per heavy atom. The maximum Gasteiger partial charge on any atom is 0.123 e. The van der Waals surface area contributed by atoms with E-state index in [1.807, 2.05) is 43.3 Å². The third kappa shape index (κ3) is 4.76. The van der Waals surface area contributed by atoms with Gasteiger partial charge in [0.05, 0.1) is 7.11 Å². The summed E-state index contributed by atoms with van der Waals surface area (Å²) in [5.41, 5.74) is 8.10. The van der Waals surface area contributed by atoms with Crippen LogP contribution in [0.25, 0.3) is 0 Å². The van der Waals surface area contributed by atoms with Crippen LogP contribution in [-0.4, -0.2) is 13.2 Å². The Hall–Kier alpha value is -1.52. The molecule has 112 valence electrons. The first kappa shape index (κ1) is 15.9. The zero-order valence-electron chi connectivity index (χ0n) is 12.3. The molecule has 0 aliphatic rings. The van der Waals surface area contributed by atoms with E-state index < -0.39 is 0 Å². The molecule has 0 saturated heterocycles. The molecule has 2 aromatic carbocycles. The molecular weight excluding hydrogens is 330 g/mol. The summed E-state index contributed by atoms with van der Waals surface area (Å²) in [5.74, 6) is 1.67. The molecule has 1 atom stereocenters. The second-order valence-corrected chi connectivity index (χ2v) is 5.99. The van der Waals surface area contributed by atoms with Crippen LogP contribution in [0.4, 0.5) is 0 Å². The first-order chi connectivity index (χ1) is 10.1. The second-order valence-electron chi connectivity index (χ2n) is 5.07. The molecule has 2 aromatic rings. The Balaban J connectivity index is 2.14. The van der Waals surface area contributed by atoms with Crippen LogP contribution in [0.5, 0.6) is 11.5 Å². The average molecular weight is 350 g/mol. The summed E-state index contributed by atoms with van der Waals surface area (Å²) >= 11 is 3.47. The molecule has 0 aliphatic heterocycles. The minimum atomic E-state index is 0.0744. The number of hydrogen-bond acceptors (Lipinski definition) is 3. The lowest BCUT2D eigenvalue weighted by atomic mass is 10.1. The van der Waals surface area contributed by atoms with Crippen molar-refractivity contribution in [3.8, 4) is 11.5 Å². The highest BCUT2D eigenvalue weighted by Crippen LogP contribution is 2.26. The van der Waals surface area contributed by atoms with Crippen LogP contribution in [0.2, 0.25) is 0 Å². The molecule has 0 amide bonds. The Bertz CT molecular complexity index is 599. The third-order valence-electron chi connectivity index (χ3n) is 3.09. The van der Waals surface area contributed by atoms with Crippen LogP contribution >= 0.6 is 15.9 Å². The predicted molar refractivity (Wildman–Crippen MR) is 88.8 cm³/mol. The van der Waals surface area contributed by atoms with Gasteiger partial charge in [0.25, 0.3) is 0 Å². The fourth-order valence-electron chi connectivity index (χ4n) is 2.12. The van der Waals surface area contributed by atoms with Gasteiger partial charge in [-0.3, -0.25) is 0 Å². The van der Waals surface area contributed by atoms with Gasteiger partial charge in [-0.05, 0) is 54.8 Å². The fraction of sp³-hybridized carbons (Fsp3) is 0.294. The molecule has 21 heavy (non-hydrogen) atoms. The van der Waals surface area contributed by atoms with Gasteiger partial charge in [0.15, 0.2) is 0 Å². The SMILES string of the molecule is COc1ccc(OCc2cccc(Br)c2)c(CC(C)N)c1. The molecule has 1 unspecified atom stereocenters. The third-order valence-corrected chi connectivity index (χ3v) is 3.59. The van der Waals surface area contributed by atoms with Crippen molar-refractivity contribution in [1.29, 1.82) is 0 Å². The van der Waals surface area contributed by atoms with Crippen LogP contribution in [0.3, 0.4) is 0 Å². The van der Waals surface area contributed by atoms with E-state index in [0.29, 0.717) is 6.61 Å². The summed E-state index contributed by atoms with van der Waals surface area (Å²) in [6, 6.07) is 14.0. The smallest absolute Gasteiger partial charge is 0.123 e. The van der Waals surface area contributed by atoms with Crippen molar-refractivity contribution < 1.29 is 9.47 Å². The minimum absolute atomic E-state index is 0.0744. The highest BCUT2D eigenvalue weighted by atomic mass is 79.9.